The Labute approximate surface area is 160 Å². The van der Waals surface area contributed by atoms with Gasteiger partial charge in [0.2, 0.25) is 0 Å². The molecule has 2 aromatic rings. The van der Waals surface area contributed by atoms with E-state index in [1.54, 1.807) is 20.8 Å². The summed E-state index contributed by atoms with van der Waals surface area (Å²) in [5.41, 5.74) is 0.766. The summed E-state index contributed by atoms with van der Waals surface area (Å²) in [6.07, 6.45) is 0.0723. The van der Waals surface area contributed by atoms with Gasteiger partial charge in [0.1, 0.15) is 5.60 Å². The van der Waals surface area contributed by atoms with Crippen LogP contribution in [-0.2, 0) is 17.7 Å². The molecule has 0 unspecified atom stereocenters. The summed E-state index contributed by atoms with van der Waals surface area (Å²) in [6, 6.07) is 2.05. The van der Waals surface area contributed by atoms with Gasteiger partial charge < -0.3 is 30.3 Å². The van der Waals surface area contributed by atoms with Crippen LogP contribution in [0.5, 0.6) is 17.2 Å². The monoisotopic (exact) mass is 390 g/mol. The minimum atomic E-state index is -0.707. The van der Waals surface area contributed by atoms with E-state index in [4.69, 9.17) is 4.74 Å². The summed E-state index contributed by atoms with van der Waals surface area (Å²) in [5, 5.41) is 38.0. The van der Waals surface area contributed by atoms with Gasteiger partial charge >= 0.3 is 6.09 Å². The van der Waals surface area contributed by atoms with Crippen LogP contribution in [0.4, 0.5) is 10.6 Å². The first-order valence-corrected chi connectivity index (χ1v) is 8.65. The minimum Gasteiger partial charge on any atom is -0.504 e. The Hall–Kier alpha value is -3.43. The van der Waals surface area contributed by atoms with Crippen LogP contribution in [0.25, 0.3) is 0 Å². The van der Waals surface area contributed by atoms with Crippen molar-refractivity contribution in [3.8, 4) is 17.2 Å². The van der Waals surface area contributed by atoms with E-state index in [2.05, 4.69) is 15.5 Å². The molecule has 1 aromatic carbocycles. The van der Waals surface area contributed by atoms with Crippen LogP contribution in [-0.4, -0.2) is 54.6 Å². The average Bonchev–Trinajstić information content (AvgIpc) is 2.99. The standard InChI is InChI=1S/C18H22N4O6/c1-18(2,3)28-17(27)22-5-4-11-10(8-22)15(21-20-11)19-16(26)9-6-12(23)14(25)13(24)7-9/h6-7,23-25H,4-5,8H2,1-3H3,(H2,19,20,21,26). The Morgan fingerprint density at radius 3 is 2.46 bits per heavy atom. The van der Waals surface area contributed by atoms with Crippen LogP contribution in [0.1, 0.15) is 42.4 Å². The number of nitrogens with one attached hydrogen (secondary N) is 2. The molecule has 2 heterocycles. The molecule has 3 rings (SSSR count). The number of hydrogen-bond acceptors (Lipinski definition) is 7. The lowest BCUT2D eigenvalue weighted by Gasteiger charge is -2.30. The minimum absolute atomic E-state index is 0.0654. The molecule has 5 N–H and O–H groups in total. The van der Waals surface area contributed by atoms with Gasteiger partial charge in [0.05, 0.1) is 6.54 Å². The summed E-state index contributed by atoms with van der Waals surface area (Å²) in [6.45, 7) is 6.02. The highest BCUT2D eigenvalue weighted by Gasteiger charge is 2.29. The molecule has 1 aliphatic rings. The molecule has 150 valence electrons. The van der Waals surface area contributed by atoms with Crippen molar-refractivity contribution in [2.75, 3.05) is 11.9 Å². The van der Waals surface area contributed by atoms with E-state index in [1.807, 2.05) is 0 Å². The number of phenolic OH excluding ortho intramolecular Hbond substituents is 3. The third-order valence-corrected chi connectivity index (χ3v) is 4.15. The molecule has 0 radical (unpaired) electrons. The van der Waals surface area contributed by atoms with Gasteiger partial charge in [-0.25, -0.2) is 4.79 Å². The number of benzene rings is 1. The first kappa shape index (κ1) is 19.3. The van der Waals surface area contributed by atoms with E-state index in [-0.39, 0.29) is 17.9 Å². The summed E-state index contributed by atoms with van der Waals surface area (Å²) in [7, 11) is 0. The Morgan fingerprint density at radius 1 is 1.21 bits per heavy atom. The number of phenols is 3. The molecule has 0 saturated heterocycles. The molecule has 28 heavy (non-hydrogen) atoms. The van der Waals surface area contributed by atoms with E-state index in [0.717, 1.165) is 17.8 Å². The van der Waals surface area contributed by atoms with E-state index in [0.29, 0.717) is 18.5 Å². The first-order valence-electron chi connectivity index (χ1n) is 8.65. The van der Waals surface area contributed by atoms with Gasteiger partial charge in [-0.3, -0.25) is 9.89 Å². The lowest BCUT2D eigenvalue weighted by molar-refractivity contribution is 0.0224. The second kappa shape index (κ2) is 6.95. The molecule has 2 amide bonds. The zero-order valence-corrected chi connectivity index (χ0v) is 15.7. The van der Waals surface area contributed by atoms with Gasteiger partial charge in [-0.2, -0.15) is 5.10 Å². The Kier molecular flexibility index (Phi) is 4.80. The second-order valence-corrected chi connectivity index (χ2v) is 7.50. The zero-order chi connectivity index (χ0) is 20.6. The van der Waals surface area contributed by atoms with Crippen molar-refractivity contribution in [2.45, 2.75) is 39.3 Å². The van der Waals surface area contributed by atoms with Gasteiger partial charge in [-0.05, 0) is 32.9 Å². The molecule has 10 nitrogen and oxygen atoms in total. The van der Waals surface area contributed by atoms with Crippen molar-refractivity contribution in [3.05, 3.63) is 29.0 Å². The lowest BCUT2D eigenvalue weighted by atomic mass is 10.1. The molecule has 0 aliphatic carbocycles. The Bertz CT molecular complexity index is 908. The second-order valence-electron chi connectivity index (χ2n) is 7.50. The number of rotatable bonds is 2. The topological polar surface area (TPSA) is 148 Å². The van der Waals surface area contributed by atoms with Crippen molar-refractivity contribution in [1.82, 2.24) is 15.1 Å². The largest absolute Gasteiger partial charge is 0.504 e. The van der Waals surface area contributed by atoms with E-state index < -0.39 is 34.9 Å². The molecule has 0 bridgehead atoms. The predicted octanol–water partition coefficient (Wildman–Crippen LogP) is 2.07. The number of ether oxygens (including phenoxy) is 1. The number of nitrogens with zero attached hydrogens (tertiary/aromatic N) is 2. The van der Waals surface area contributed by atoms with E-state index in [9.17, 15) is 24.9 Å². The third-order valence-electron chi connectivity index (χ3n) is 4.15. The fraction of sp³-hybridized carbons (Fsp3) is 0.389. The normalized spacial score (nSPS) is 13.8. The highest BCUT2D eigenvalue weighted by molar-refractivity contribution is 6.05. The average molecular weight is 390 g/mol. The summed E-state index contributed by atoms with van der Waals surface area (Å²) in [5.74, 6) is -2.35. The zero-order valence-electron chi connectivity index (χ0n) is 15.7. The van der Waals surface area contributed by atoms with E-state index >= 15 is 0 Å². The summed E-state index contributed by atoms with van der Waals surface area (Å²) >= 11 is 0. The number of hydrogen-bond donors (Lipinski definition) is 5. The maximum atomic E-state index is 12.4. The van der Waals surface area contributed by atoms with Gasteiger partial charge in [-0.15, -0.1) is 0 Å². The molecule has 1 aliphatic heterocycles. The van der Waals surface area contributed by atoms with Crippen LogP contribution in [0.3, 0.4) is 0 Å². The number of aromatic amines is 1. The quantitative estimate of drug-likeness (QED) is 0.493. The van der Waals surface area contributed by atoms with Crippen molar-refractivity contribution in [1.29, 1.82) is 0 Å². The molecular weight excluding hydrogens is 368 g/mol. The number of carbonyl (C=O) groups excluding carboxylic acids is 2. The third kappa shape index (κ3) is 3.95. The summed E-state index contributed by atoms with van der Waals surface area (Å²) < 4.78 is 5.39. The van der Waals surface area contributed by atoms with Gasteiger partial charge in [0.15, 0.2) is 23.1 Å². The number of aromatic nitrogens is 2. The molecule has 0 spiro atoms. The number of aromatic hydroxyl groups is 3. The first-order chi connectivity index (χ1) is 13.0. The van der Waals surface area contributed by atoms with Crippen LogP contribution >= 0.6 is 0 Å². The molecule has 0 saturated carbocycles. The van der Waals surface area contributed by atoms with Gasteiger partial charge in [-0.1, -0.05) is 0 Å². The van der Waals surface area contributed by atoms with Crippen LogP contribution in [0, 0.1) is 0 Å². The fourth-order valence-corrected chi connectivity index (χ4v) is 2.80. The number of H-pyrrole nitrogens is 1. The lowest BCUT2D eigenvalue weighted by Crippen LogP contribution is -2.40. The number of amides is 2. The highest BCUT2D eigenvalue weighted by atomic mass is 16.6. The van der Waals surface area contributed by atoms with Gasteiger partial charge in [0.25, 0.3) is 5.91 Å². The van der Waals surface area contributed by atoms with Gasteiger partial charge in [0, 0.05) is 29.8 Å². The summed E-state index contributed by atoms with van der Waals surface area (Å²) in [4.78, 5) is 26.3. The van der Waals surface area contributed by atoms with Crippen molar-refractivity contribution in [3.63, 3.8) is 0 Å². The van der Waals surface area contributed by atoms with Crippen molar-refractivity contribution in [2.24, 2.45) is 0 Å². The smallest absolute Gasteiger partial charge is 0.410 e. The predicted molar refractivity (Wildman–Crippen MR) is 98.3 cm³/mol. The molecule has 10 heteroatoms. The van der Waals surface area contributed by atoms with Crippen LogP contribution in [0.2, 0.25) is 0 Å². The highest BCUT2D eigenvalue weighted by Crippen LogP contribution is 2.35. The van der Waals surface area contributed by atoms with Crippen LogP contribution in [0.15, 0.2) is 12.1 Å². The Morgan fingerprint density at radius 2 is 1.86 bits per heavy atom. The molecule has 1 aromatic heterocycles. The fourth-order valence-electron chi connectivity index (χ4n) is 2.80. The van der Waals surface area contributed by atoms with Crippen molar-refractivity contribution < 1.29 is 29.6 Å². The number of fused-ring (bicyclic) bond motifs is 1. The maximum Gasteiger partial charge on any atom is 0.410 e. The molecule has 0 atom stereocenters. The number of carbonyl (C=O) groups is 2. The number of anilines is 1. The van der Waals surface area contributed by atoms with E-state index in [1.165, 1.54) is 4.90 Å². The Balaban J connectivity index is 1.77. The molecular formula is C18H22N4O6. The molecule has 0 fully saturated rings. The maximum absolute atomic E-state index is 12.4. The SMILES string of the molecule is CC(C)(C)OC(=O)N1CCc2[nH]nc(NC(=O)c3cc(O)c(O)c(O)c3)c2C1. The van der Waals surface area contributed by atoms with Crippen molar-refractivity contribution >= 4 is 17.8 Å². The van der Waals surface area contributed by atoms with Crippen LogP contribution < -0.4 is 5.32 Å².